The number of rotatable bonds is 3. The summed E-state index contributed by atoms with van der Waals surface area (Å²) >= 11 is 1.56. The largest absolute Gasteiger partial charge is 0.358 e. The fraction of sp³-hybridized carbons (Fsp3) is 0.300. The zero-order valence-electron chi connectivity index (χ0n) is 7.78. The molecule has 0 aliphatic heterocycles. The van der Waals surface area contributed by atoms with Crippen LogP contribution in [0.1, 0.15) is 6.92 Å². The van der Waals surface area contributed by atoms with E-state index >= 15 is 0 Å². The maximum Gasteiger partial charge on any atom is 0.232 e. The van der Waals surface area contributed by atoms with Gasteiger partial charge in [-0.05, 0) is 19.1 Å². The van der Waals surface area contributed by atoms with Crippen molar-refractivity contribution in [3.63, 3.8) is 0 Å². The van der Waals surface area contributed by atoms with E-state index in [2.05, 4.69) is 5.32 Å². The molecular weight excluding hydrogens is 182 g/mol. The van der Waals surface area contributed by atoms with Gasteiger partial charge in [0.15, 0.2) is 0 Å². The van der Waals surface area contributed by atoms with E-state index in [1.807, 2.05) is 37.3 Å². The average molecular weight is 195 g/mol. The van der Waals surface area contributed by atoms with Crippen LogP contribution in [0, 0.1) is 0 Å². The molecule has 0 radical (unpaired) electrons. The molecule has 1 N–H and O–H groups in total. The van der Waals surface area contributed by atoms with Gasteiger partial charge in [0.05, 0.1) is 5.25 Å². The minimum absolute atomic E-state index is 0.0348. The van der Waals surface area contributed by atoms with Crippen LogP contribution in [0.3, 0.4) is 0 Å². The van der Waals surface area contributed by atoms with Crippen LogP contribution in [0.2, 0.25) is 0 Å². The first kappa shape index (κ1) is 10.1. The SMILES string of the molecule is CNC(=O)[C@@H](C)Sc1ccccc1. The third-order valence-corrected chi connectivity index (χ3v) is 2.78. The third-order valence-electron chi connectivity index (χ3n) is 1.67. The first-order valence-corrected chi connectivity index (χ1v) is 5.05. The van der Waals surface area contributed by atoms with Crippen LogP contribution in [-0.2, 0) is 4.79 Å². The molecule has 13 heavy (non-hydrogen) atoms. The van der Waals surface area contributed by atoms with Gasteiger partial charge in [0.2, 0.25) is 5.91 Å². The second-order valence-electron chi connectivity index (χ2n) is 2.69. The summed E-state index contributed by atoms with van der Waals surface area (Å²) in [6, 6.07) is 9.92. The minimum atomic E-state index is -0.0348. The van der Waals surface area contributed by atoms with Crippen LogP contribution in [0.5, 0.6) is 0 Å². The van der Waals surface area contributed by atoms with E-state index in [9.17, 15) is 4.79 Å². The Bertz CT molecular complexity index is 274. The van der Waals surface area contributed by atoms with E-state index in [-0.39, 0.29) is 11.2 Å². The first-order chi connectivity index (χ1) is 6.24. The number of carbonyl (C=O) groups excluding carboxylic acids is 1. The predicted molar refractivity (Wildman–Crippen MR) is 55.8 cm³/mol. The normalized spacial score (nSPS) is 12.2. The Morgan fingerprint density at radius 1 is 1.38 bits per heavy atom. The van der Waals surface area contributed by atoms with Crippen molar-refractivity contribution in [3.05, 3.63) is 30.3 Å². The molecule has 0 fully saturated rings. The molecule has 0 saturated carbocycles. The Labute approximate surface area is 82.7 Å². The van der Waals surface area contributed by atoms with Crippen molar-refractivity contribution in [1.82, 2.24) is 5.32 Å². The number of hydrogen-bond donors (Lipinski definition) is 1. The van der Waals surface area contributed by atoms with E-state index in [0.29, 0.717) is 0 Å². The summed E-state index contributed by atoms with van der Waals surface area (Å²) in [5, 5.41) is 2.59. The van der Waals surface area contributed by atoms with Crippen LogP contribution in [0.4, 0.5) is 0 Å². The molecule has 1 aromatic rings. The lowest BCUT2D eigenvalue weighted by molar-refractivity contribution is -0.119. The van der Waals surface area contributed by atoms with Crippen molar-refractivity contribution in [2.24, 2.45) is 0 Å². The van der Waals surface area contributed by atoms with E-state index in [1.165, 1.54) is 0 Å². The Hall–Kier alpha value is -0.960. The highest BCUT2D eigenvalue weighted by Gasteiger charge is 2.11. The molecule has 0 heterocycles. The lowest BCUT2D eigenvalue weighted by Crippen LogP contribution is -2.26. The van der Waals surface area contributed by atoms with Gasteiger partial charge < -0.3 is 5.32 Å². The Kier molecular flexibility index (Phi) is 3.83. The van der Waals surface area contributed by atoms with Crippen LogP contribution >= 0.6 is 11.8 Å². The van der Waals surface area contributed by atoms with Gasteiger partial charge in [-0.15, -0.1) is 11.8 Å². The second kappa shape index (κ2) is 4.92. The molecule has 1 amide bonds. The van der Waals surface area contributed by atoms with Crippen molar-refractivity contribution < 1.29 is 4.79 Å². The number of nitrogens with one attached hydrogen (secondary N) is 1. The highest BCUT2D eigenvalue weighted by atomic mass is 32.2. The van der Waals surface area contributed by atoms with Crippen LogP contribution in [0.25, 0.3) is 0 Å². The predicted octanol–water partition coefficient (Wildman–Crippen LogP) is 1.91. The minimum Gasteiger partial charge on any atom is -0.358 e. The monoisotopic (exact) mass is 195 g/mol. The second-order valence-corrected chi connectivity index (χ2v) is 4.10. The molecule has 0 unspecified atom stereocenters. The molecule has 3 heteroatoms. The molecule has 1 rings (SSSR count). The van der Waals surface area contributed by atoms with Crippen molar-refractivity contribution >= 4 is 17.7 Å². The maximum atomic E-state index is 11.2. The van der Waals surface area contributed by atoms with Crippen molar-refractivity contribution in [1.29, 1.82) is 0 Å². The number of carbonyl (C=O) groups is 1. The van der Waals surface area contributed by atoms with Gasteiger partial charge in [-0.25, -0.2) is 0 Å². The van der Waals surface area contributed by atoms with Crippen LogP contribution in [0.15, 0.2) is 35.2 Å². The van der Waals surface area contributed by atoms with Gasteiger partial charge in [0.1, 0.15) is 0 Å². The van der Waals surface area contributed by atoms with Gasteiger partial charge in [0, 0.05) is 11.9 Å². The van der Waals surface area contributed by atoms with Crippen LogP contribution in [-0.4, -0.2) is 18.2 Å². The van der Waals surface area contributed by atoms with E-state index < -0.39 is 0 Å². The van der Waals surface area contributed by atoms with Gasteiger partial charge in [-0.1, -0.05) is 18.2 Å². The molecule has 0 spiro atoms. The summed E-state index contributed by atoms with van der Waals surface area (Å²) in [7, 11) is 1.66. The molecule has 0 saturated heterocycles. The van der Waals surface area contributed by atoms with E-state index in [0.717, 1.165) is 4.90 Å². The van der Waals surface area contributed by atoms with E-state index in [4.69, 9.17) is 0 Å². The van der Waals surface area contributed by atoms with Crippen molar-refractivity contribution in [2.75, 3.05) is 7.05 Å². The number of thioether (sulfide) groups is 1. The molecule has 1 atom stereocenters. The summed E-state index contributed by atoms with van der Waals surface area (Å²) in [6.45, 7) is 1.90. The Morgan fingerprint density at radius 3 is 2.54 bits per heavy atom. The zero-order valence-corrected chi connectivity index (χ0v) is 8.60. The van der Waals surface area contributed by atoms with E-state index in [1.54, 1.807) is 18.8 Å². The quantitative estimate of drug-likeness (QED) is 0.746. The summed E-state index contributed by atoms with van der Waals surface area (Å²) in [5.41, 5.74) is 0. The molecule has 0 bridgehead atoms. The molecule has 0 aromatic heterocycles. The van der Waals surface area contributed by atoms with Crippen molar-refractivity contribution in [3.8, 4) is 0 Å². The lowest BCUT2D eigenvalue weighted by atomic mass is 10.4. The lowest BCUT2D eigenvalue weighted by Gasteiger charge is -2.08. The molecule has 70 valence electrons. The van der Waals surface area contributed by atoms with Gasteiger partial charge in [-0.3, -0.25) is 4.79 Å². The highest BCUT2D eigenvalue weighted by Crippen LogP contribution is 2.22. The fourth-order valence-electron chi connectivity index (χ4n) is 0.960. The Morgan fingerprint density at radius 2 is 2.00 bits per heavy atom. The smallest absolute Gasteiger partial charge is 0.232 e. The van der Waals surface area contributed by atoms with Gasteiger partial charge >= 0.3 is 0 Å². The molecular formula is C10H13NOS. The topological polar surface area (TPSA) is 29.1 Å². The summed E-state index contributed by atoms with van der Waals surface area (Å²) in [6.07, 6.45) is 0. The van der Waals surface area contributed by atoms with Gasteiger partial charge in [-0.2, -0.15) is 0 Å². The molecule has 0 aliphatic rings. The summed E-state index contributed by atoms with van der Waals surface area (Å²) in [4.78, 5) is 12.3. The molecule has 2 nitrogen and oxygen atoms in total. The third kappa shape index (κ3) is 3.11. The summed E-state index contributed by atoms with van der Waals surface area (Å²) < 4.78 is 0. The number of benzene rings is 1. The first-order valence-electron chi connectivity index (χ1n) is 4.17. The molecule has 1 aromatic carbocycles. The van der Waals surface area contributed by atoms with Crippen LogP contribution < -0.4 is 5.32 Å². The standard InChI is InChI=1S/C10H13NOS/c1-8(10(12)11-2)13-9-6-4-3-5-7-9/h3-8H,1-2H3,(H,11,12)/t8-/m1/s1. The van der Waals surface area contributed by atoms with Crippen molar-refractivity contribution in [2.45, 2.75) is 17.1 Å². The summed E-state index contributed by atoms with van der Waals surface area (Å²) in [5.74, 6) is 0.0638. The Balaban J connectivity index is 2.55. The highest BCUT2D eigenvalue weighted by molar-refractivity contribution is 8.00. The zero-order chi connectivity index (χ0) is 9.68. The maximum absolute atomic E-state index is 11.2. The number of hydrogen-bond acceptors (Lipinski definition) is 2. The average Bonchev–Trinajstić information content (AvgIpc) is 2.18. The van der Waals surface area contributed by atoms with Gasteiger partial charge in [0.25, 0.3) is 0 Å². The fourth-order valence-corrected chi connectivity index (χ4v) is 1.91. The number of amides is 1. The molecule has 0 aliphatic carbocycles.